The number of nitrogens with two attached hydrogens (primary N) is 3. The number of nitrogens with zero attached hydrogens (tertiary/aromatic N) is 6. The second-order valence-electron chi connectivity index (χ2n) is 9.75. The highest BCUT2D eigenvalue weighted by atomic mass is 31.2. The maximum absolute atomic E-state index is 13.3. The molecule has 23 nitrogen and oxygen atoms in total. The Labute approximate surface area is 244 Å². The number of ether oxygens (including phenoxy) is 2. The second kappa shape index (κ2) is 11.3. The number of aromatic nitrogens is 6. The molecule has 237 valence electrons. The number of anilines is 3. The summed E-state index contributed by atoms with van der Waals surface area (Å²) in [4.78, 5) is 59.1. The summed E-state index contributed by atoms with van der Waals surface area (Å²) in [6.45, 7) is -1.48. The maximum atomic E-state index is 13.3. The molecule has 3 aliphatic heterocycles. The molecule has 0 aliphatic carbocycles. The van der Waals surface area contributed by atoms with Gasteiger partial charge < -0.3 is 46.3 Å². The van der Waals surface area contributed by atoms with E-state index in [1.807, 2.05) is 0 Å². The normalized spacial score (nSPS) is 31.2. The minimum Gasteiger partial charge on any atom is -0.604 e. The number of fused-ring (bicyclic) bond motifs is 2. The molecule has 1 unspecified atom stereocenters. The lowest BCUT2D eigenvalue weighted by Crippen LogP contribution is -2.43. The fourth-order valence-electron chi connectivity index (χ4n) is 4.98. The molecule has 3 aromatic rings. The van der Waals surface area contributed by atoms with Crippen molar-refractivity contribution in [3.8, 4) is 0 Å². The maximum Gasteiger partial charge on any atom is 0.404 e. The van der Waals surface area contributed by atoms with Crippen molar-refractivity contribution in [3.63, 3.8) is 0 Å². The van der Waals surface area contributed by atoms with Gasteiger partial charge in [0.1, 0.15) is 37.1 Å². The third-order valence-electron chi connectivity index (χ3n) is 7.05. The van der Waals surface area contributed by atoms with Gasteiger partial charge >= 0.3 is 19.4 Å². The van der Waals surface area contributed by atoms with Crippen molar-refractivity contribution in [2.75, 3.05) is 29.6 Å². The van der Waals surface area contributed by atoms with Gasteiger partial charge in [0.05, 0.1) is 12.9 Å². The van der Waals surface area contributed by atoms with Crippen LogP contribution in [0.3, 0.4) is 0 Å². The number of phosphoric ester groups is 1. The van der Waals surface area contributed by atoms with Crippen molar-refractivity contribution >= 4 is 49.1 Å². The van der Waals surface area contributed by atoms with Crippen LogP contribution in [0.1, 0.15) is 6.23 Å². The first-order chi connectivity index (χ1) is 20.9. The van der Waals surface area contributed by atoms with Crippen LogP contribution in [0.2, 0.25) is 0 Å². The molecule has 0 spiro atoms. The van der Waals surface area contributed by atoms with Gasteiger partial charge in [-0.2, -0.15) is 29.8 Å². The van der Waals surface area contributed by atoms with E-state index in [2.05, 4.69) is 34.5 Å². The summed E-state index contributed by atoms with van der Waals surface area (Å²) >= 11 is 0. The average Bonchev–Trinajstić information content (AvgIpc) is 3.73. The number of aliphatic hydroxyl groups is 4. The molecule has 6 heterocycles. The lowest BCUT2D eigenvalue weighted by Gasteiger charge is -2.28. The number of aromatic amines is 2. The lowest BCUT2D eigenvalue weighted by atomic mass is 10.1. The molecule has 2 fully saturated rings. The van der Waals surface area contributed by atoms with Gasteiger partial charge in [-0.3, -0.25) is 24.1 Å². The van der Waals surface area contributed by atoms with Crippen LogP contribution in [-0.2, 0) is 23.1 Å². The van der Waals surface area contributed by atoms with Crippen molar-refractivity contribution < 1.29 is 48.5 Å². The Morgan fingerprint density at radius 3 is 2.48 bits per heavy atom. The Bertz CT molecular complexity index is 1700. The first-order valence-corrected chi connectivity index (χ1v) is 14.1. The molecule has 3 aliphatic rings. The molecule has 9 atom stereocenters. The van der Waals surface area contributed by atoms with Gasteiger partial charge in [0.25, 0.3) is 17.7 Å². The van der Waals surface area contributed by atoms with E-state index in [-0.39, 0.29) is 34.6 Å². The molecule has 6 rings (SSSR count). The fraction of sp³-hybridized carbons (Fsp3) is 0.500. The summed E-state index contributed by atoms with van der Waals surface area (Å²) in [7, 11) is -4.79. The summed E-state index contributed by atoms with van der Waals surface area (Å²) in [5.41, 5.74) is 9.63. The summed E-state index contributed by atoms with van der Waals surface area (Å²) in [6, 6.07) is 0. The monoisotopic (exact) mass is 643 g/mol. The third kappa shape index (κ3) is 5.09. The average molecular weight is 643 g/mol. The van der Waals surface area contributed by atoms with E-state index in [9.17, 15) is 34.9 Å². The quantitative estimate of drug-likeness (QED) is 0.0773. The number of H-pyrrole nitrogens is 2. The molecule has 12 N–H and O–H groups in total. The molecule has 3 aromatic heterocycles. The van der Waals surface area contributed by atoms with E-state index in [1.54, 1.807) is 0 Å². The number of aliphatic imine (C=N–C) groups is 1. The molecule has 0 bridgehead atoms. The van der Waals surface area contributed by atoms with Crippen LogP contribution in [0, 0.1) is 0 Å². The van der Waals surface area contributed by atoms with Crippen molar-refractivity contribution in [2.45, 2.75) is 49.1 Å². The summed E-state index contributed by atoms with van der Waals surface area (Å²) in [6.07, 6.45) is -9.61. The van der Waals surface area contributed by atoms with Crippen LogP contribution in [0.15, 0.2) is 15.9 Å². The molecular formula is C20H26N11O12P+. The Morgan fingerprint density at radius 2 is 1.75 bits per heavy atom. The van der Waals surface area contributed by atoms with Gasteiger partial charge in [-0.05, 0) is 4.99 Å². The minimum absolute atomic E-state index is 0.0450. The van der Waals surface area contributed by atoms with Crippen molar-refractivity contribution in [2.24, 2.45) is 5.90 Å². The Hall–Kier alpha value is -3.71. The number of nitrogen functional groups attached to an aromatic ring is 2. The van der Waals surface area contributed by atoms with E-state index < -0.39 is 81.6 Å². The number of nitrogens with one attached hydrogen (secondary N) is 2. The van der Waals surface area contributed by atoms with Crippen LogP contribution in [0.4, 0.5) is 23.4 Å². The van der Waals surface area contributed by atoms with Crippen molar-refractivity contribution in [1.82, 2.24) is 34.5 Å². The molecule has 0 saturated carbocycles. The van der Waals surface area contributed by atoms with E-state index in [1.165, 1.54) is 4.90 Å². The molecule has 0 aromatic carbocycles. The van der Waals surface area contributed by atoms with E-state index >= 15 is 0 Å². The smallest absolute Gasteiger partial charge is 0.404 e. The highest BCUT2D eigenvalue weighted by molar-refractivity contribution is 7.53. The zero-order chi connectivity index (χ0) is 31.5. The zero-order valence-corrected chi connectivity index (χ0v) is 23.0. The summed E-state index contributed by atoms with van der Waals surface area (Å²) in [5, 5.41) is 42.2. The van der Waals surface area contributed by atoms with E-state index in [4.69, 9.17) is 35.9 Å². The second-order valence-corrected chi connectivity index (χ2v) is 11.3. The number of aliphatic hydroxyl groups excluding tert-OH is 4. The van der Waals surface area contributed by atoms with Gasteiger partial charge in [0.2, 0.25) is 18.1 Å². The first kappa shape index (κ1) is 30.3. The summed E-state index contributed by atoms with van der Waals surface area (Å²) in [5.74, 6) is 4.69. The topological polar surface area (TPSA) is 355 Å². The lowest BCUT2D eigenvalue weighted by molar-refractivity contribution is -0.260. The molecule has 2 saturated heterocycles. The van der Waals surface area contributed by atoms with Crippen molar-refractivity contribution in [3.05, 3.63) is 27.0 Å². The van der Waals surface area contributed by atoms with Gasteiger partial charge in [-0.1, -0.05) is 4.62 Å². The molecule has 44 heavy (non-hydrogen) atoms. The number of hydrogen-bond acceptors (Lipinski definition) is 20. The Balaban J connectivity index is 1.15. The molecule has 24 heteroatoms. The number of hydrogen-bond donors (Lipinski definition) is 9. The predicted molar refractivity (Wildman–Crippen MR) is 143 cm³/mol. The highest BCUT2D eigenvalue weighted by Crippen LogP contribution is 2.55. The third-order valence-corrected chi connectivity index (χ3v) is 8.28. The highest BCUT2D eigenvalue weighted by Gasteiger charge is 2.55. The number of rotatable bonds is 9. The largest absolute Gasteiger partial charge is 0.604 e. The van der Waals surface area contributed by atoms with Gasteiger partial charge in [0.15, 0.2) is 23.5 Å². The first-order valence-electron chi connectivity index (χ1n) is 12.7. The molecule has 1 radical (unpaired) electrons. The number of phosphoric acid groups is 1. The Morgan fingerprint density at radius 1 is 1.05 bits per heavy atom. The predicted octanol–water partition coefficient (Wildman–Crippen LogP) is -6.09. The van der Waals surface area contributed by atoms with Gasteiger partial charge in [-0.15, -0.1) is 0 Å². The van der Waals surface area contributed by atoms with Crippen LogP contribution in [-0.4, -0.2) is 112 Å². The van der Waals surface area contributed by atoms with Gasteiger partial charge in [0, 0.05) is 0 Å². The van der Waals surface area contributed by atoms with Crippen LogP contribution in [0.25, 0.3) is 11.2 Å². The SMILES string of the molecule is NO[P+]([O-])(OC[C@H]1O[C@@H](N2C=[N+]c3c2nc(N)[nH]c3=O)[C@H](O)[C@@H]1O)O[C@H]1[C@@H](O)[C@H](n2cnc3c(=O)[nH]c(N)nc32)O[C@@H]1CO. The fourth-order valence-corrected chi connectivity index (χ4v) is 6.04. The van der Waals surface area contributed by atoms with Gasteiger partial charge in [-0.25, -0.2) is 4.98 Å². The van der Waals surface area contributed by atoms with Crippen LogP contribution < -0.4 is 43.3 Å². The van der Waals surface area contributed by atoms with E-state index in [0.29, 0.717) is 0 Å². The summed E-state index contributed by atoms with van der Waals surface area (Å²) < 4.78 is 27.6. The molecular weight excluding hydrogens is 617 g/mol. The van der Waals surface area contributed by atoms with E-state index in [0.717, 1.165) is 17.2 Å². The molecule has 0 amide bonds. The van der Waals surface area contributed by atoms with Crippen LogP contribution >= 0.6 is 8.17 Å². The standard InChI is InChI=1S/C20H26N11O12P/c21-19-26-13-7(15(36)28-19)24-3-30(13)17-10(34)9(33)6(41-17)2-39-44(38,43-23)42-12-5(1-32)40-18(11(12)35)31-4-25-8-14(31)27-20(22)29-16(8)37/h3-6,9-12,17-18,32-35H,1-2,23H2,(H3,21,26,28,36)(H3,22,27,29,37)/q+1/t5-,6-,9-,10-,11-,12-,17-,18-,44?/m1/s1. The van der Waals surface area contributed by atoms with Crippen molar-refractivity contribution in [1.29, 1.82) is 0 Å². The minimum atomic E-state index is -4.79. The van der Waals surface area contributed by atoms with Crippen LogP contribution in [0.5, 0.6) is 0 Å². The number of imidazole rings is 1. The Kier molecular flexibility index (Phi) is 7.81. The zero-order valence-electron chi connectivity index (χ0n) is 22.1.